The Balaban J connectivity index is 3.64. The summed E-state index contributed by atoms with van der Waals surface area (Å²) in [6.07, 6.45) is 1.12. The van der Waals surface area contributed by atoms with E-state index in [2.05, 4.69) is 28.6 Å². The molecule has 0 aromatic carbocycles. The van der Waals surface area contributed by atoms with Gasteiger partial charge in [0, 0.05) is 6.54 Å². The summed E-state index contributed by atoms with van der Waals surface area (Å²) >= 11 is 0. The maximum Gasteiger partial charge on any atom is 0.309 e. The van der Waals surface area contributed by atoms with E-state index in [1.54, 1.807) is 0 Å². The Hall–Kier alpha value is -0.610. The normalized spacial score (nSPS) is 13.3. The van der Waals surface area contributed by atoms with E-state index in [9.17, 15) is 4.79 Å². The fourth-order valence-electron chi connectivity index (χ4n) is 1.49. The molecule has 0 aromatic heterocycles. The van der Waals surface area contributed by atoms with Gasteiger partial charge in [0.2, 0.25) is 0 Å². The molecule has 0 saturated carbocycles. The monoisotopic (exact) mass is 216 g/mol. The zero-order chi connectivity index (χ0) is 11.8. The first-order chi connectivity index (χ1) is 6.97. The lowest BCUT2D eigenvalue weighted by Gasteiger charge is -2.20. The quantitative estimate of drug-likeness (QED) is 0.586. The molecule has 0 aromatic rings. The van der Waals surface area contributed by atoms with Crippen LogP contribution in [0.2, 0.25) is 0 Å². The van der Waals surface area contributed by atoms with E-state index in [0.29, 0.717) is 0 Å². The summed E-state index contributed by atoms with van der Waals surface area (Å²) < 4.78 is 4.68. The molecule has 0 rings (SSSR count). The molecule has 1 unspecified atom stereocenters. The summed E-state index contributed by atoms with van der Waals surface area (Å²) in [5.41, 5.74) is 0. The van der Waals surface area contributed by atoms with Crippen molar-refractivity contribution in [2.45, 2.75) is 13.3 Å². The highest BCUT2D eigenvalue weighted by Crippen LogP contribution is 2.01. The Morgan fingerprint density at radius 1 is 1.27 bits per heavy atom. The maximum absolute atomic E-state index is 11.2. The second-order valence-corrected chi connectivity index (χ2v) is 4.34. The Bertz CT molecular complexity index is 183. The lowest BCUT2D eigenvalue weighted by molar-refractivity contribution is -0.145. The van der Waals surface area contributed by atoms with Gasteiger partial charge in [-0.15, -0.1) is 0 Å². The van der Waals surface area contributed by atoms with Crippen LogP contribution in [0.3, 0.4) is 0 Å². The van der Waals surface area contributed by atoms with Crippen molar-refractivity contribution in [3.8, 4) is 0 Å². The molecule has 90 valence electrons. The van der Waals surface area contributed by atoms with E-state index in [4.69, 9.17) is 0 Å². The molecule has 0 N–H and O–H groups in total. The average Bonchev–Trinajstić information content (AvgIpc) is 2.15. The Morgan fingerprint density at radius 3 is 2.33 bits per heavy atom. The fourth-order valence-corrected chi connectivity index (χ4v) is 1.49. The molecule has 0 amide bonds. The molecule has 0 aliphatic carbocycles. The molecule has 0 aliphatic rings. The maximum atomic E-state index is 11.2. The number of carbonyl (C=O) groups excluding carboxylic acids is 1. The van der Waals surface area contributed by atoms with Crippen LogP contribution in [-0.2, 0) is 9.53 Å². The molecular formula is C11H24N2O2. The van der Waals surface area contributed by atoms with E-state index >= 15 is 0 Å². The summed E-state index contributed by atoms with van der Waals surface area (Å²) in [6.45, 7) is 4.75. The van der Waals surface area contributed by atoms with Crippen LogP contribution in [0.1, 0.15) is 13.3 Å². The zero-order valence-electron chi connectivity index (χ0n) is 10.6. The van der Waals surface area contributed by atoms with Crippen LogP contribution in [0.15, 0.2) is 0 Å². The average molecular weight is 216 g/mol. The third kappa shape index (κ3) is 7.33. The number of esters is 1. The van der Waals surface area contributed by atoms with Crippen molar-refractivity contribution < 1.29 is 9.53 Å². The molecule has 0 radical (unpaired) electrons. The van der Waals surface area contributed by atoms with Gasteiger partial charge < -0.3 is 14.5 Å². The summed E-state index contributed by atoms with van der Waals surface area (Å²) in [5.74, 6) is -0.172. The van der Waals surface area contributed by atoms with Crippen molar-refractivity contribution >= 4 is 5.97 Å². The van der Waals surface area contributed by atoms with Gasteiger partial charge in [0.1, 0.15) is 0 Å². The SMILES string of the molecule is COC(=O)C(C)CN(C)CCCN(C)C. The second-order valence-electron chi connectivity index (χ2n) is 4.34. The van der Waals surface area contributed by atoms with Crippen molar-refractivity contribution in [1.29, 1.82) is 0 Å². The summed E-state index contributed by atoms with van der Waals surface area (Å²) in [5, 5.41) is 0. The van der Waals surface area contributed by atoms with E-state index in [1.165, 1.54) is 7.11 Å². The largest absolute Gasteiger partial charge is 0.469 e. The fraction of sp³-hybridized carbons (Fsp3) is 0.909. The third-order valence-corrected chi connectivity index (χ3v) is 2.33. The molecule has 15 heavy (non-hydrogen) atoms. The van der Waals surface area contributed by atoms with E-state index in [0.717, 1.165) is 26.1 Å². The topological polar surface area (TPSA) is 32.8 Å². The van der Waals surface area contributed by atoms with Gasteiger partial charge in [-0.2, -0.15) is 0 Å². The number of hydrogen-bond acceptors (Lipinski definition) is 4. The number of hydrogen-bond donors (Lipinski definition) is 0. The predicted octanol–water partition coefficient (Wildman–Crippen LogP) is 0.679. The highest BCUT2D eigenvalue weighted by molar-refractivity contribution is 5.71. The minimum atomic E-state index is -0.130. The molecule has 4 heteroatoms. The highest BCUT2D eigenvalue weighted by atomic mass is 16.5. The van der Waals surface area contributed by atoms with Gasteiger partial charge in [-0.1, -0.05) is 6.92 Å². The Labute approximate surface area is 93.2 Å². The van der Waals surface area contributed by atoms with E-state index in [1.807, 2.05) is 14.0 Å². The van der Waals surface area contributed by atoms with Crippen LogP contribution < -0.4 is 0 Å². The standard InChI is InChI=1S/C11H24N2O2/c1-10(11(14)15-5)9-13(4)8-6-7-12(2)3/h10H,6-9H2,1-5H3. The van der Waals surface area contributed by atoms with Gasteiger partial charge in [0.05, 0.1) is 13.0 Å². The minimum Gasteiger partial charge on any atom is -0.469 e. The van der Waals surface area contributed by atoms with Crippen molar-refractivity contribution in [3.63, 3.8) is 0 Å². The van der Waals surface area contributed by atoms with Crippen molar-refractivity contribution in [2.75, 3.05) is 47.9 Å². The number of ether oxygens (including phenoxy) is 1. The van der Waals surface area contributed by atoms with Gasteiger partial charge in [-0.25, -0.2) is 0 Å². The van der Waals surface area contributed by atoms with Gasteiger partial charge in [0.15, 0.2) is 0 Å². The van der Waals surface area contributed by atoms with Crippen LogP contribution >= 0.6 is 0 Å². The van der Waals surface area contributed by atoms with Gasteiger partial charge in [-0.3, -0.25) is 4.79 Å². The molecule has 0 fully saturated rings. The molecule has 0 heterocycles. The van der Waals surface area contributed by atoms with Crippen LogP contribution in [0.25, 0.3) is 0 Å². The molecule has 0 bridgehead atoms. The number of nitrogens with zero attached hydrogens (tertiary/aromatic N) is 2. The smallest absolute Gasteiger partial charge is 0.309 e. The Kier molecular flexibility index (Phi) is 7.34. The van der Waals surface area contributed by atoms with E-state index in [-0.39, 0.29) is 11.9 Å². The molecule has 0 aliphatic heterocycles. The van der Waals surface area contributed by atoms with Gasteiger partial charge in [-0.05, 0) is 40.7 Å². The first-order valence-corrected chi connectivity index (χ1v) is 5.38. The first-order valence-electron chi connectivity index (χ1n) is 5.38. The molecule has 0 spiro atoms. The van der Waals surface area contributed by atoms with Crippen LogP contribution in [-0.4, -0.2) is 63.7 Å². The molecule has 1 atom stereocenters. The molecular weight excluding hydrogens is 192 g/mol. The van der Waals surface area contributed by atoms with Crippen molar-refractivity contribution in [2.24, 2.45) is 5.92 Å². The summed E-state index contributed by atoms with van der Waals surface area (Å²) in [6, 6.07) is 0. The Morgan fingerprint density at radius 2 is 1.87 bits per heavy atom. The first kappa shape index (κ1) is 14.4. The van der Waals surface area contributed by atoms with Gasteiger partial charge in [0.25, 0.3) is 0 Å². The third-order valence-electron chi connectivity index (χ3n) is 2.33. The lowest BCUT2D eigenvalue weighted by Crippen LogP contribution is -2.31. The number of methoxy groups -OCH3 is 1. The van der Waals surface area contributed by atoms with Crippen LogP contribution in [0, 0.1) is 5.92 Å². The number of rotatable bonds is 7. The minimum absolute atomic E-state index is 0.0423. The van der Waals surface area contributed by atoms with Crippen LogP contribution in [0.5, 0.6) is 0 Å². The predicted molar refractivity (Wildman–Crippen MR) is 61.8 cm³/mol. The lowest BCUT2D eigenvalue weighted by atomic mass is 10.1. The molecule has 0 saturated heterocycles. The van der Waals surface area contributed by atoms with Crippen molar-refractivity contribution in [3.05, 3.63) is 0 Å². The zero-order valence-corrected chi connectivity index (χ0v) is 10.6. The molecule has 4 nitrogen and oxygen atoms in total. The van der Waals surface area contributed by atoms with Gasteiger partial charge >= 0.3 is 5.97 Å². The van der Waals surface area contributed by atoms with Crippen LogP contribution in [0.4, 0.5) is 0 Å². The van der Waals surface area contributed by atoms with E-state index < -0.39 is 0 Å². The van der Waals surface area contributed by atoms with Crippen molar-refractivity contribution in [1.82, 2.24) is 9.80 Å². The second kappa shape index (κ2) is 7.65. The highest BCUT2D eigenvalue weighted by Gasteiger charge is 2.14. The number of carbonyl (C=O) groups is 1. The summed E-state index contributed by atoms with van der Waals surface area (Å²) in [4.78, 5) is 15.5. The summed E-state index contributed by atoms with van der Waals surface area (Å²) in [7, 11) is 7.61.